The predicted octanol–water partition coefficient (Wildman–Crippen LogP) is 1.08. The molecule has 15 heavy (non-hydrogen) atoms. The van der Waals surface area contributed by atoms with Crippen LogP contribution in [0.25, 0.3) is 11.3 Å². The Morgan fingerprint density at radius 1 is 1.33 bits per heavy atom. The fourth-order valence-electron chi connectivity index (χ4n) is 1.50. The molecule has 2 aromatic rings. The van der Waals surface area contributed by atoms with Gasteiger partial charge in [0.25, 0.3) is 0 Å². The Hall–Kier alpha value is -1.75. The summed E-state index contributed by atoms with van der Waals surface area (Å²) in [5.74, 6) is -0.261. The molecule has 2 N–H and O–H groups in total. The monoisotopic (exact) mass is 206 g/mol. The lowest BCUT2D eigenvalue weighted by Gasteiger charge is -2.02. The molecule has 1 aromatic heterocycles. The van der Waals surface area contributed by atoms with Crippen LogP contribution in [-0.2, 0) is 13.6 Å². The molecule has 2 rings (SSSR count). The molecule has 0 saturated heterocycles. The van der Waals surface area contributed by atoms with E-state index in [9.17, 15) is 4.39 Å². The quantitative estimate of drug-likeness (QED) is 0.799. The number of aromatic nitrogens is 3. The second-order valence-corrected chi connectivity index (χ2v) is 3.22. The minimum Gasteiger partial charge on any atom is -0.325 e. The van der Waals surface area contributed by atoms with Gasteiger partial charge in [0.05, 0.1) is 5.69 Å². The van der Waals surface area contributed by atoms with Crippen molar-refractivity contribution < 1.29 is 4.39 Å². The number of nitrogens with two attached hydrogens (primary N) is 1. The number of hydrogen-bond donors (Lipinski definition) is 1. The van der Waals surface area contributed by atoms with Crippen LogP contribution in [0.5, 0.6) is 0 Å². The summed E-state index contributed by atoms with van der Waals surface area (Å²) in [4.78, 5) is 0. The molecule has 0 saturated carbocycles. The van der Waals surface area contributed by atoms with Gasteiger partial charge in [-0.1, -0.05) is 5.21 Å². The lowest BCUT2D eigenvalue weighted by atomic mass is 10.1. The lowest BCUT2D eigenvalue weighted by Crippen LogP contribution is -2.00. The van der Waals surface area contributed by atoms with Gasteiger partial charge in [-0.25, -0.2) is 9.07 Å². The van der Waals surface area contributed by atoms with Gasteiger partial charge in [0, 0.05) is 19.2 Å². The van der Waals surface area contributed by atoms with Crippen LogP contribution in [0.2, 0.25) is 0 Å². The number of rotatable bonds is 2. The summed E-state index contributed by atoms with van der Waals surface area (Å²) in [6, 6.07) is 6.19. The van der Waals surface area contributed by atoms with E-state index < -0.39 is 0 Å². The molecule has 0 aliphatic rings. The maximum atomic E-state index is 12.7. The molecule has 0 bridgehead atoms. The third kappa shape index (κ3) is 1.73. The Labute approximate surface area is 86.5 Å². The van der Waals surface area contributed by atoms with Crippen LogP contribution in [-0.4, -0.2) is 15.0 Å². The maximum absolute atomic E-state index is 12.7. The molecule has 78 valence electrons. The Balaban J connectivity index is 2.52. The number of nitrogens with zero attached hydrogens (tertiary/aromatic N) is 3. The highest BCUT2D eigenvalue weighted by molar-refractivity contribution is 5.61. The van der Waals surface area contributed by atoms with E-state index in [1.54, 1.807) is 23.9 Å². The first-order chi connectivity index (χ1) is 7.22. The highest BCUT2D eigenvalue weighted by Crippen LogP contribution is 2.21. The zero-order valence-electron chi connectivity index (χ0n) is 8.31. The minimum atomic E-state index is -0.261. The second-order valence-electron chi connectivity index (χ2n) is 3.22. The molecular weight excluding hydrogens is 195 g/mol. The van der Waals surface area contributed by atoms with Gasteiger partial charge in [-0.2, -0.15) is 0 Å². The largest absolute Gasteiger partial charge is 0.325 e. The molecule has 4 nitrogen and oxygen atoms in total. The van der Waals surface area contributed by atoms with E-state index in [0.717, 1.165) is 11.3 Å². The number of aryl methyl sites for hydroxylation is 1. The van der Waals surface area contributed by atoms with Crippen molar-refractivity contribution in [1.29, 1.82) is 0 Å². The molecule has 1 heterocycles. The van der Waals surface area contributed by atoms with E-state index in [0.29, 0.717) is 12.2 Å². The van der Waals surface area contributed by atoms with Crippen LogP contribution in [0, 0.1) is 5.82 Å². The molecule has 0 spiro atoms. The molecule has 0 aliphatic heterocycles. The van der Waals surface area contributed by atoms with E-state index in [2.05, 4.69) is 10.3 Å². The Kier molecular flexibility index (Phi) is 2.47. The summed E-state index contributed by atoms with van der Waals surface area (Å²) >= 11 is 0. The van der Waals surface area contributed by atoms with Crippen LogP contribution in [0.15, 0.2) is 24.3 Å². The van der Waals surface area contributed by atoms with Crippen molar-refractivity contribution in [2.24, 2.45) is 12.8 Å². The van der Waals surface area contributed by atoms with Gasteiger partial charge < -0.3 is 5.73 Å². The SMILES string of the molecule is Cn1nnc(CN)c1-c1ccc(F)cc1. The fraction of sp³-hybridized carbons (Fsp3) is 0.200. The average Bonchev–Trinajstić information content (AvgIpc) is 2.61. The molecular formula is C10H11FN4. The summed E-state index contributed by atoms with van der Waals surface area (Å²) in [5.41, 5.74) is 7.95. The number of hydrogen-bond acceptors (Lipinski definition) is 3. The molecule has 0 fully saturated rings. The molecule has 5 heteroatoms. The minimum absolute atomic E-state index is 0.261. The first-order valence-corrected chi connectivity index (χ1v) is 4.57. The van der Waals surface area contributed by atoms with Crippen molar-refractivity contribution in [3.05, 3.63) is 35.8 Å². The van der Waals surface area contributed by atoms with E-state index in [4.69, 9.17) is 5.73 Å². The maximum Gasteiger partial charge on any atom is 0.123 e. The summed E-state index contributed by atoms with van der Waals surface area (Å²) in [6.45, 7) is 0.320. The Morgan fingerprint density at radius 3 is 2.60 bits per heavy atom. The van der Waals surface area contributed by atoms with Crippen LogP contribution in [0.4, 0.5) is 4.39 Å². The van der Waals surface area contributed by atoms with Gasteiger partial charge in [-0.3, -0.25) is 0 Å². The van der Waals surface area contributed by atoms with Crippen LogP contribution in [0.1, 0.15) is 5.69 Å². The lowest BCUT2D eigenvalue weighted by molar-refractivity contribution is 0.628. The van der Waals surface area contributed by atoms with Crippen molar-refractivity contribution in [3.63, 3.8) is 0 Å². The van der Waals surface area contributed by atoms with E-state index in [1.165, 1.54) is 12.1 Å². The van der Waals surface area contributed by atoms with Gasteiger partial charge in [0.1, 0.15) is 11.5 Å². The van der Waals surface area contributed by atoms with Crippen molar-refractivity contribution in [1.82, 2.24) is 15.0 Å². The van der Waals surface area contributed by atoms with E-state index in [-0.39, 0.29) is 5.82 Å². The molecule has 0 radical (unpaired) electrons. The standard InChI is InChI=1S/C10H11FN4/c1-15-10(9(6-12)13-14-15)7-2-4-8(11)5-3-7/h2-5H,6,12H2,1H3. The molecule has 0 atom stereocenters. The zero-order chi connectivity index (χ0) is 10.8. The Bertz CT molecular complexity index is 461. The topological polar surface area (TPSA) is 56.7 Å². The number of benzene rings is 1. The third-order valence-corrected chi connectivity index (χ3v) is 2.21. The summed E-state index contributed by atoms with van der Waals surface area (Å²) < 4.78 is 14.4. The van der Waals surface area contributed by atoms with Crippen LogP contribution < -0.4 is 5.73 Å². The summed E-state index contributed by atoms with van der Waals surface area (Å²) in [7, 11) is 1.78. The Morgan fingerprint density at radius 2 is 2.00 bits per heavy atom. The van der Waals surface area contributed by atoms with Crippen molar-refractivity contribution in [2.75, 3.05) is 0 Å². The first kappa shape index (κ1) is 9.79. The predicted molar refractivity (Wildman–Crippen MR) is 54.3 cm³/mol. The van der Waals surface area contributed by atoms with Crippen molar-refractivity contribution in [2.45, 2.75) is 6.54 Å². The molecule has 0 unspecified atom stereocenters. The normalized spacial score (nSPS) is 10.6. The number of halogens is 1. The van der Waals surface area contributed by atoms with Crippen LogP contribution in [0.3, 0.4) is 0 Å². The van der Waals surface area contributed by atoms with Crippen molar-refractivity contribution in [3.8, 4) is 11.3 Å². The summed E-state index contributed by atoms with van der Waals surface area (Å²) in [5, 5.41) is 7.81. The zero-order valence-corrected chi connectivity index (χ0v) is 8.31. The van der Waals surface area contributed by atoms with Gasteiger partial charge in [-0.15, -0.1) is 5.10 Å². The fourth-order valence-corrected chi connectivity index (χ4v) is 1.50. The van der Waals surface area contributed by atoms with Gasteiger partial charge in [0.15, 0.2) is 0 Å². The van der Waals surface area contributed by atoms with Crippen molar-refractivity contribution >= 4 is 0 Å². The first-order valence-electron chi connectivity index (χ1n) is 4.57. The second kappa shape index (κ2) is 3.78. The molecule has 0 amide bonds. The van der Waals surface area contributed by atoms with E-state index in [1.807, 2.05) is 0 Å². The highest BCUT2D eigenvalue weighted by atomic mass is 19.1. The molecule has 1 aromatic carbocycles. The molecule has 0 aliphatic carbocycles. The van der Waals surface area contributed by atoms with Gasteiger partial charge >= 0.3 is 0 Å². The van der Waals surface area contributed by atoms with Gasteiger partial charge in [0.2, 0.25) is 0 Å². The third-order valence-electron chi connectivity index (χ3n) is 2.21. The van der Waals surface area contributed by atoms with Gasteiger partial charge in [-0.05, 0) is 24.3 Å². The smallest absolute Gasteiger partial charge is 0.123 e. The van der Waals surface area contributed by atoms with Crippen LogP contribution >= 0.6 is 0 Å². The summed E-state index contributed by atoms with van der Waals surface area (Å²) in [6.07, 6.45) is 0. The highest BCUT2D eigenvalue weighted by Gasteiger charge is 2.10. The average molecular weight is 206 g/mol. The van der Waals surface area contributed by atoms with E-state index >= 15 is 0 Å².